The van der Waals surface area contributed by atoms with Gasteiger partial charge in [-0.05, 0) is 17.7 Å². The van der Waals surface area contributed by atoms with Crippen LogP contribution in [0.2, 0.25) is 0 Å². The van der Waals surface area contributed by atoms with Crippen molar-refractivity contribution in [3.63, 3.8) is 0 Å². The molecule has 0 radical (unpaired) electrons. The van der Waals surface area contributed by atoms with Crippen LogP contribution in [0.4, 0.5) is 4.39 Å². The Bertz CT molecular complexity index is 475. The summed E-state index contributed by atoms with van der Waals surface area (Å²) >= 11 is 0. The lowest BCUT2D eigenvalue weighted by Crippen LogP contribution is -2.26. The summed E-state index contributed by atoms with van der Waals surface area (Å²) < 4.78 is 13.1. The smallest absolute Gasteiger partial charge is 0.309 e. The van der Waals surface area contributed by atoms with E-state index in [4.69, 9.17) is 5.11 Å². The zero-order valence-corrected chi connectivity index (χ0v) is 9.26. The van der Waals surface area contributed by atoms with Crippen LogP contribution >= 0.6 is 0 Å². The molecule has 2 atom stereocenters. The van der Waals surface area contributed by atoms with Gasteiger partial charge in [0.05, 0.1) is 12.0 Å². The van der Waals surface area contributed by atoms with Crippen molar-refractivity contribution >= 4 is 11.9 Å². The quantitative estimate of drug-likeness (QED) is 0.846. The Balaban J connectivity index is 2.40. The Kier molecular flexibility index (Phi) is 2.83. The average Bonchev–Trinajstić information content (AvgIpc) is 2.56. The molecule has 1 aliphatic heterocycles. The van der Waals surface area contributed by atoms with Crippen LogP contribution in [-0.2, 0) is 9.59 Å². The number of rotatable bonds is 2. The minimum atomic E-state index is -1.03. The number of carbonyl (C=O) groups is 2. The van der Waals surface area contributed by atoms with Crippen molar-refractivity contribution in [3.8, 4) is 0 Å². The lowest BCUT2D eigenvalue weighted by molar-refractivity contribution is -0.142. The molecule has 1 aromatic rings. The molecular formula is C12H12FNO3. The maximum atomic E-state index is 13.1. The van der Waals surface area contributed by atoms with Crippen LogP contribution in [0.1, 0.15) is 18.0 Å². The number of benzene rings is 1. The number of halogens is 1. The first-order valence-electron chi connectivity index (χ1n) is 5.24. The van der Waals surface area contributed by atoms with Crippen molar-refractivity contribution in [1.29, 1.82) is 0 Å². The number of aliphatic carboxylic acids is 1. The zero-order chi connectivity index (χ0) is 12.6. The topological polar surface area (TPSA) is 57.6 Å². The van der Waals surface area contributed by atoms with E-state index in [1.807, 2.05) is 0 Å². The third-order valence-electron chi connectivity index (χ3n) is 3.09. The van der Waals surface area contributed by atoms with Crippen LogP contribution in [0.15, 0.2) is 24.3 Å². The minimum absolute atomic E-state index is 0.0347. The van der Waals surface area contributed by atoms with Crippen LogP contribution in [0.3, 0.4) is 0 Å². The first-order valence-corrected chi connectivity index (χ1v) is 5.24. The number of nitrogens with zero attached hydrogens (tertiary/aromatic N) is 1. The first kappa shape index (κ1) is 11.6. The maximum absolute atomic E-state index is 13.1. The van der Waals surface area contributed by atoms with Crippen molar-refractivity contribution in [1.82, 2.24) is 4.90 Å². The number of amides is 1. The highest BCUT2D eigenvalue weighted by Crippen LogP contribution is 2.37. The molecule has 0 aromatic heterocycles. The van der Waals surface area contributed by atoms with E-state index < -0.39 is 23.7 Å². The Morgan fingerprint density at radius 1 is 1.53 bits per heavy atom. The standard InChI is InChI=1S/C12H12FNO3/c1-14-10(15)6-9(12(16)17)11(14)7-3-2-4-8(13)5-7/h2-5,9,11H,6H2,1H3,(H,16,17). The molecule has 0 aliphatic carbocycles. The number of likely N-dealkylation sites (tertiary alicyclic amines) is 1. The molecule has 1 heterocycles. The number of hydrogen-bond donors (Lipinski definition) is 1. The fourth-order valence-electron chi connectivity index (χ4n) is 2.24. The van der Waals surface area contributed by atoms with Crippen molar-refractivity contribution in [2.24, 2.45) is 5.92 Å². The second-order valence-electron chi connectivity index (χ2n) is 4.15. The van der Waals surface area contributed by atoms with Crippen LogP contribution in [0.25, 0.3) is 0 Å². The molecule has 2 rings (SSSR count). The predicted molar refractivity (Wildman–Crippen MR) is 57.7 cm³/mol. The Hall–Kier alpha value is -1.91. The van der Waals surface area contributed by atoms with Gasteiger partial charge in [-0.25, -0.2) is 4.39 Å². The summed E-state index contributed by atoms with van der Waals surface area (Å²) in [5.41, 5.74) is 0.519. The third-order valence-corrected chi connectivity index (χ3v) is 3.09. The van der Waals surface area contributed by atoms with Gasteiger partial charge in [0, 0.05) is 13.5 Å². The van der Waals surface area contributed by atoms with E-state index in [9.17, 15) is 14.0 Å². The molecule has 1 aliphatic rings. The number of hydrogen-bond acceptors (Lipinski definition) is 2. The molecule has 1 N–H and O–H groups in total. The summed E-state index contributed by atoms with van der Waals surface area (Å²) in [6.45, 7) is 0. The highest BCUT2D eigenvalue weighted by molar-refractivity contribution is 5.87. The molecule has 17 heavy (non-hydrogen) atoms. The fraction of sp³-hybridized carbons (Fsp3) is 0.333. The summed E-state index contributed by atoms with van der Waals surface area (Å²) in [6.07, 6.45) is -0.0347. The minimum Gasteiger partial charge on any atom is -0.481 e. The average molecular weight is 237 g/mol. The van der Waals surface area contributed by atoms with E-state index in [-0.39, 0.29) is 12.3 Å². The van der Waals surface area contributed by atoms with E-state index in [0.717, 1.165) is 0 Å². The molecule has 90 valence electrons. The van der Waals surface area contributed by atoms with Crippen LogP contribution in [0.5, 0.6) is 0 Å². The van der Waals surface area contributed by atoms with Gasteiger partial charge >= 0.3 is 5.97 Å². The Morgan fingerprint density at radius 3 is 2.82 bits per heavy atom. The molecule has 1 aromatic carbocycles. The summed E-state index contributed by atoms with van der Waals surface area (Å²) in [7, 11) is 1.54. The highest BCUT2D eigenvalue weighted by Gasteiger charge is 2.42. The van der Waals surface area contributed by atoms with Gasteiger partial charge in [0.2, 0.25) is 5.91 Å². The van der Waals surface area contributed by atoms with E-state index in [1.165, 1.54) is 23.1 Å². The summed E-state index contributed by atoms with van der Waals surface area (Å²) in [6, 6.07) is 5.13. The van der Waals surface area contributed by atoms with Crippen LogP contribution in [-0.4, -0.2) is 28.9 Å². The molecule has 0 spiro atoms. The molecular weight excluding hydrogens is 225 g/mol. The Morgan fingerprint density at radius 2 is 2.24 bits per heavy atom. The van der Waals surface area contributed by atoms with Crippen LogP contribution < -0.4 is 0 Å². The molecule has 1 saturated heterocycles. The molecule has 1 fully saturated rings. The first-order chi connectivity index (χ1) is 8.00. The van der Waals surface area contributed by atoms with Gasteiger partial charge in [-0.15, -0.1) is 0 Å². The second-order valence-corrected chi connectivity index (χ2v) is 4.15. The Labute approximate surface area is 97.7 Å². The van der Waals surface area contributed by atoms with Gasteiger partial charge in [0.15, 0.2) is 0 Å². The lowest BCUT2D eigenvalue weighted by Gasteiger charge is -2.23. The summed E-state index contributed by atoms with van der Waals surface area (Å²) in [5.74, 6) is -2.50. The molecule has 5 heteroatoms. The summed E-state index contributed by atoms with van der Waals surface area (Å²) in [4.78, 5) is 24.0. The van der Waals surface area contributed by atoms with E-state index in [2.05, 4.69) is 0 Å². The van der Waals surface area contributed by atoms with Crippen molar-refractivity contribution in [2.75, 3.05) is 7.05 Å². The van der Waals surface area contributed by atoms with Gasteiger partial charge in [0.1, 0.15) is 5.82 Å². The van der Waals surface area contributed by atoms with Crippen molar-refractivity contribution in [2.45, 2.75) is 12.5 Å². The van der Waals surface area contributed by atoms with Crippen molar-refractivity contribution in [3.05, 3.63) is 35.6 Å². The van der Waals surface area contributed by atoms with Gasteiger partial charge in [-0.2, -0.15) is 0 Å². The third kappa shape index (κ3) is 2.00. The number of carboxylic acids is 1. The highest BCUT2D eigenvalue weighted by atomic mass is 19.1. The van der Waals surface area contributed by atoms with E-state index in [0.29, 0.717) is 5.56 Å². The summed E-state index contributed by atoms with van der Waals surface area (Å²) in [5, 5.41) is 9.08. The predicted octanol–water partition coefficient (Wildman–Crippen LogP) is 1.43. The largest absolute Gasteiger partial charge is 0.481 e. The number of carboxylic acid groups (broad SMARTS) is 1. The van der Waals surface area contributed by atoms with E-state index in [1.54, 1.807) is 13.1 Å². The molecule has 0 saturated carbocycles. The molecule has 2 unspecified atom stereocenters. The zero-order valence-electron chi connectivity index (χ0n) is 9.26. The van der Waals surface area contributed by atoms with Gasteiger partial charge in [-0.1, -0.05) is 12.1 Å². The SMILES string of the molecule is CN1C(=O)CC(C(=O)O)C1c1cccc(F)c1. The monoisotopic (exact) mass is 237 g/mol. The van der Waals surface area contributed by atoms with Crippen molar-refractivity contribution < 1.29 is 19.1 Å². The fourth-order valence-corrected chi connectivity index (χ4v) is 2.24. The second kappa shape index (κ2) is 4.16. The van der Waals surface area contributed by atoms with Gasteiger partial charge in [0.25, 0.3) is 0 Å². The number of carbonyl (C=O) groups excluding carboxylic acids is 1. The maximum Gasteiger partial charge on any atom is 0.309 e. The van der Waals surface area contributed by atoms with Crippen LogP contribution in [0, 0.1) is 11.7 Å². The van der Waals surface area contributed by atoms with E-state index >= 15 is 0 Å². The van der Waals surface area contributed by atoms with Gasteiger partial charge < -0.3 is 10.0 Å². The molecule has 1 amide bonds. The lowest BCUT2D eigenvalue weighted by atomic mass is 9.94. The normalized spacial score (nSPS) is 24.1. The molecule has 4 nitrogen and oxygen atoms in total. The van der Waals surface area contributed by atoms with Gasteiger partial charge in [-0.3, -0.25) is 9.59 Å². The molecule has 0 bridgehead atoms.